The molecule has 4 atom stereocenters. The molecule has 2 aromatic carbocycles. The normalized spacial score (nSPS) is 25.2. The van der Waals surface area contributed by atoms with Crippen molar-refractivity contribution in [1.82, 2.24) is 5.32 Å². The standard InChI is InChI=1S/C23H25NO8/c1-28-17-5-11(6-18(29-2)22(17)26)19-12-7-15-16(32-10-31-15)8-13(12)21(24-3-4-25)14-9-30-23(27)20(14)19/h5-8,14,19-21,24-26H,3-4,9-10H2,1-2H3/t14-,19+,20-,21-/m0/s1. The molecule has 2 heterocycles. The summed E-state index contributed by atoms with van der Waals surface area (Å²) in [5, 5.41) is 23.2. The summed E-state index contributed by atoms with van der Waals surface area (Å²) in [5.41, 5.74) is 2.60. The molecule has 0 spiro atoms. The molecular formula is C23H25NO8. The summed E-state index contributed by atoms with van der Waals surface area (Å²) >= 11 is 0. The van der Waals surface area contributed by atoms with E-state index in [-0.39, 0.29) is 61.1 Å². The molecule has 0 unspecified atom stereocenters. The van der Waals surface area contributed by atoms with E-state index in [2.05, 4.69) is 5.32 Å². The van der Waals surface area contributed by atoms with Crippen molar-refractivity contribution in [1.29, 1.82) is 0 Å². The van der Waals surface area contributed by atoms with Gasteiger partial charge in [-0.05, 0) is 41.0 Å². The van der Waals surface area contributed by atoms with E-state index in [0.717, 1.165) is 16.7 Å². The Labute approximate surface area is 184 Å². The Balaban J connectivity index is 1.72. The van der Waals surface area contributed by atoms with Crippen molar-refractivity contribution < 1.29 is 38.7 Å². The van der Waals surface area contributed by atoms with E-state index in [1.807, 2.05) is 12.1 Å². The van der Waals surface area contributed by atoms with Crippen molar-refractivity contribution in [3.05, 3.63) is 41.0 Å². The van der Waals surface area contributed by atoms with Gasteiger partial charge < -0.3 is 39.2 Å². The molecule has 5 rings (SSSR count). The highest BCUT2D eigenvalue weighted by Crippen LogP contribution is 2.55. The smallest absolute Gasteiger partial charge is 0.310 e. The van der Waals surface area contributed by atoms with Crippen molar-refractivity contribution in [2.75, 3.05) is 40.8 Å². The Morgan fingerprint density at radius 3 is 2.31 bits per heavy atom. The van der Waals surface area contributed by atoms with E-state index in [1.54, 1.807) is 12.1 Å². The molecule has 1 saturated heterocycles. The molecule has 2 aromatic rings. The lowest BCUT2D eigenvalue weighted by Gasteiger charge is -2.39. The number of phenolic OH excluding ortho intramolecular Hbond substituents is 1. The van der Waals surface area contributed by atoms with Crippen LogP contribution in [-0.4, -0.2) is 57.0 Å². The quantitative estimate of drug-likeness (QED) is 0.574. The lowest BCUT2D eigenvalue weighted by Crippen LogP contribution is -2.41. The molecule has 0 saturated carbocycles. The van der Waals surface area contributed by atoms with Crippen LogP contribution in [0.4, 0.5) is 0 Å². The van der Waals surface area contributed by atoms with Gasteiger partial charge >= 0.3 is 5.97 Å². The summed E-state index contributed by atoms with van der Waals surface area (Å²) in [6.45, 7) is 0.747. The van der Waals surface area contributed by atoms with Gasteiger partial charge in [-0.3, -0.25) is 4.79 Å². The van der Waals surface area contributed by atoms with E-state index in [1.165, 1.54) is 14.2 Å². The van der Waals surface area contributed by atoms with Gasteiger partial charge in [0.25, 0.3) is 0 Å². The van der Waals surface area contributed by atoms with E-state index in [9.17, 15) is 15.0 Å². The maximum Gasteiger partial charge on any atom is 0.310 e. The number of aliphatic hydroxyl groups is 1. The van der Waals surface area contributed by atoms with Gasteiger partial charge in [-0.2, -0.15) is 0 Å². The predicted octanol–water partition coefficient (Wildman–Crippen LogP) is 1.70. The van der Waals surface area contributed by atoms with Crippen molar-refractivity contribution in [3.8, 4) is 28.7 Å². The minimum absolute atomic E-state index is 0.0294. The van der Waals surface area contributed by atoms with Crippen molar-refractivity contribution >= 4 is 5.97 Å². The Hall–Kier alpha value is -3.17. The molecule has 3 N–H and O–H groups in total. The maximum absolute atomic E-state index is 13.0. The highest BCUT2D eigenvalue weighted by atomic mass is 16.7. The number of aliphatic hydroxyl groups excluding tert-OH is 1. The van der Waals surface area contributed by atoms with Gasteiger partial charge in [0.15, 0.2) is 23.0 Å². The van der Waals surface area contributed by atoms with Crippen LogP contribution in [0.2, 0.25) is 0 Å². The first-order chi connectivity index (χ1) is 15.6. The third-order valence-corrected chi connectivity index (χ3v) is 6.52. The summed E-state index contributed by atoms with van der Waals surface area (Å²) in [6, 6.07) is 7.08. The van der Waals surface area contributed by atoms with E-state index in [4.69, 9.17) is 23.7 Å². The average Bonchev–Trinajstić information content (AvgIpc) is 3.42. The Bertz CT molecular complexity index is 1030. The summed E-state index contributed by atoms with van der Waals surface area (Å²) in [5.74, 6) is 0.361. The first-order valence-corrected chi connectivity index (χ1v) is 10.5. The summed E-state index contributed by atoms with van der Waals surface area (Å²) < 4.78 is 27.5. The minimum Gasteiger partial charge on any atom is -0.502 e. The number of carbonyl (C=O) groups excluding carboxylic acids is 1. The van der Waals surface area contributed by atoms with Crippen molar-refractivity contribution in [2.45, 2.75) is 12.0 Å². The third-order valence-electron chi connectivity index (χ3n) is 6.52. The van der Waals surface area contributed by atoms with Crippen molar-refractivity contribution in [3.63, 3.8) is 0 Å². The highest BCUT2D eigenvalue weighted by molar-refractivity contribution is 5.79. The largest absolute Gasteiger partial charge is 0.502 e. The van der Waals surface area contributed by atoms with E-state index >= 15 is 0 Å². The second-order valence-corrected chi connectivity index (χ2v) is 8.06. The molecule has 9 nitrogen and oxygen atoms in total. The number of aromatic hydroxyl groups is 1. The van der Waals surface area contributed by atoms with Gasteiger partial charge in [-0.15, -0.1) is 0 Å². The van der Waals surface area contributed by atoms with Crippen LogP contribution in [0, 0.1) is 11.8 Å². The molecule has 1 aliphatic carbocycles. The first-order valence-electron chi connectivity index (χ1n) is 10.5. The second kappa shape index (κ2) is 8.07. The van der Waals surface area contributed by atoms with Crippen LogP contribution in [0.3, 0.4) is 0 Å². The molecule has 0 aromatic heterocycles. The van der Waals surface area contributed by atoms with Gasteiger partial charge in [0.05, 0.1) is 33.4 Å². The molecular weight excluding hydrogens is 418 g/mol. The lowest BCUT2D eigenvalue weighted by atomic mass is 9.65. The number of benzene rings is 2. The lowest BCUT2D eigenvalue weighted by molar-refractivity contribution is -0.141. The predicted molar refractivity (Wildman–Crippen MR) is 111 cm³/mol. The number of fused-ring (bicyclic) bond motifs is 3. The number of hydrogen-bond acceptors (Lipinski definition) is 9. The average molecular weight is 443 g/mol. The molecule has 1 fully saturated rings. The molecule has 3 aliphatic rings. The fourth-order valence-electron chi connectivity index (χ4n) is 5.14. The van der Waals surface area contributed by atoms with Crippen LogP contribution < -0.4 is 24.3 Å². The van der Waals surface area contributed by atoms with Crippen molar-refractivity contribution in [2.24, 2.45) is 11.8 Å². The molecule has 0 amide bonds. The molecule has 9 heteroatoms. The number of carbonyl (C=O) groups is 1. The third kappa shape index (κ3) is 3.11. The Morgan fingerprint density at radius 2 is 1.69 bits per heavy atom. The van der Waals surface area contributed by atoms with Crippen LogP contribution in [0.1, 0.15) is 28.7 Å². The number of ether oxygens (including phenoxy) is 5. The van der Waals surface area contributed by atoms with E-state index < -0.39 is 5.92 Å². The zero-order valence-electron chi connectivity index (χ0n) is 17.8. The summed E-state index contributed by atoms with van der Waals surface area (Å²) in [6.07, 6.45) is 0. The fraction of sp³-hybridized carbons (Fsp3) is 0.435. The van der Waals surface area contributed by atoms with Crippen LogP contribution in [0.25, 0.3) is 0 Å². The number of cyclic esters (lactones) is 1. The van der Waals surface area contributed by atoms with Crippen LogP contribution >= 0.6 is 0 Å². The van der Waals surface area contributed by atoms with Gasteiger partial charge in [-0.25, -0.2) is 0 Å². The molecule has 170 valence electrons. The Kier molecular flexibility index (Phi) is 5.22. The summed E-state index contributed by atoms with van der Waals surface area (Å²) in [7, 11) is 2.93. The fourth-order valence-corrected chi connectivity index (χ4v) is 5.14. The molecule has 2 aliphatic heterocycles. The van der Waals surface area contributed by atoms with Crippen LogP contribution in [0.15, 0.2) is 24.3 Å². The number of nitrogens with one attached hydrogen (secondary N) is 1. The highest BCUT2D eigenvalue weighted by Gasteiger charge is 2.52. The SMILES string of the molecule is COc1cc([C@@H]2c3cc4c(cc3[C@H](NCCO)[C@H]3COC(=O)[C@H]23)OCO4)cc(OC)c1O. The second-order valence-electron chi connectivity index (χ2n) is 8.06. The maximum atomic E-state index is 13.0. The Morgan fingerprint density at radius 1 is 1.03 bits per heavy atom. The number of methoxy groups -OCH3 is 2. The van der Waals surface area contributed by atoms with Gasteiger partial charge in [-0.1, -0.05) is 0 Å². The molecule has 0 radical (unpaired) electrons. The van der Waals surface area contributed by atoms with E-state index in [0.29, 0.717) is 18.0 Å². The molecule has 0 bridgehead atoms. The summed E-state index contributed by atoms with van der Waals surface area (Å²) in [4.78, 5) is 13.0. The van der Waals surface area contributed by atoms with Crippen LogP contribution in [0.5, 0.6) is 28.7 Å². The first kappa shape index (κ1) is 20.7. The van der Waals surface area contributed by atoms with Gasteiger partial charge in [0.1, 0.15) is 0 Å². The number of esters is 1. The van der Waals surface area contributed by atoms with Crippen LogP contribution in [-0.2, 0) is 9.53 Å². The zero-order chi connectivity index (χ0) is 22.4. The zero-order valence-corrected chi connectivity index (χ0v) is 17.8. The minimum atomic E-state index is -0.474. The number of hydrogen-bond donors (Lipinski definition) is 3. The van der Waals surface area contributed by atoms with Gasteiger partial charge in [0.2, 0.25) is 12.5 Å². The topological polar surface area (TPSA) is 116 Å². The monoisotopic (exact) mass is 443 g/mol. The molecule has 32 heavy (non-hydrogen) atoms. The number of rotatable bonds is 6. The number of phenols is 1. The van der Waals surface area contributed by atoms with Gasteiger partial charge in [0, 0.05) is 24.4 Å².